The van der Waals surface area contributed by atoms with Crippen molar-refractivity contribution in [3.8, 4) is 11.6 Å². The lowest BCUT2D eigenvalue weighted by atomic mass is 10.2. The quantitative estimate of drug-likeness (QED) is 0.936. The predicted octanol–water partition coefficient (Wildman–Crippen LogP) is 1.90. The van der Waals surface area contributed by atoms with Gasteiger partial charge in [-0.15, -0.1) is 5.10 Å². The van der Waals surface area contributed by atoms with Gasteiger partial charge in [0.1, 0.15) is 12.2 Å². The van der Waals surface area contributed by atoms with E-state index in [0.29, 0.717) is 5.69 Å². The number of ether oxygens (including phenoxy) is 1. The molecule has 118 valence electrons. The number of para-hydroxylation sites is 1. The van der Waals surface area contributed by atoms with Gasteiger partial charge >= 0.3 is 6.18 Å². The van der Waals surface area contributed by atoms with Crippen LogP contribution in [0.25, 0.3) is 5.69 Å². The maximum Gasteiger partial charge on any atom is 0.422 e. The summed E-state index contributed by atoms with van der Waals surface area (Å²) >= 11 is 0. The van der Waals surface area contributed by atoms with Gasteiger partial charge in [-0.05, 0) is 19.1 Å². The molecule has 0 radical (unpaired) electrons. The third-order valence-electron chi connectivity index (χ3n) is 2.93. The maximum atomic E-state index is 13.2. The minimum atomic E-state index is -4.80. The monoisotopic (exact) mass is 313 g/mol. The molecule has 2 rings (SSSR count). The Morgan fingerprint density at radius 1 is 1.27 bits per heavy atom. The summed E-state index contributed by atoms with van der Waals surface area (Å²) in [5.41, 5.74) is 2.76. The highest BCUT2D eigenvalue weighted by Crippen LogP contribution is 2.30. The zero-order chi connectivity index (χ0) is 16.3. The van der Waals surface area contributed by atoms with Gasteiger partial charge < -0.3 is 10.5 Å². The van der Waals surface area contributed by atoms with E-state index in [0.717, 1.165) is 4.68 Å². The van der Waals surface area contributed by atoms with Crippen molar-refractivity contribution >= 4 is 0 Å². The molecule has 0 atom stereocenters. The van der Waals surface area contributed by atoms with E-state index in [1.54, 1.807) is 30.3 Å². The molecule has 2 N–H and O–H groups in total. The van der Waals surface area contributed by atoms with Crippen molar-refractivity contribution in [2.45, 2.75) is 13.1 Å². The van der Waals surface area contributed by atoms with Crippen LogP contribution >= 0.6 is 0 Å². The summed E-state index contributed by atoms with van der Waals surface area (Å²) in [5, 5.41) is 3.88. The Kier molecular flexibility index (Phi) is 4.51. The largest absolute Gasteiger partial charge is 0.473 e. The van der Waals surface area contributed by atoms with Crippen molar-refractivity contribution in [3.05, 3.63) is 51.8 Å². The minimum Gasteiger partial charge on any atom is -0.473 e. The number of nitrogens with two attached hydrogens (primary N) is 1. The summed E-state index contributed by atoms with van der Waals surface area (Å²) in [4.78, 5) is 12.0. The lowest BCUT2D eigenvalue weighted by molar-refractivity contribution is -0.139. The van der Waals surface area contributed by atoms with Gasteiger partial charge in [0.2, 0.25) is 0 Å². The van der Waals surface area contributed by atoms with Gasteiger partial charge in [-0.25, -0.2) is 4.68 Å². The number of alkyl halides is 3. The lowest BCUT2D eigenvalue weighted by Gasteiger charge is -2.17. The van der Waals surface area contributed by atoms with Gasteiger partial charge in [-0.2, -0.15) is 13.2 Å². The van der Waals surface area contributed by atoms with E-state index < -0.39 is 23.0 Å². The first-order valence-electron chi connectivity index (χ1n) is 6.45. The fraction of sp³-hybridized carbons (Fsp3) is 0.286. The van der Waals surface area contributed by atoms with Crippen LogP contribution in [-0.4, -0.2) is 22.9 Å². The molecule has 0 saturated carbocycles. The van der Waals surface area contributed by atoms with Gasteiger partial charge in [0.25, 0.3) is 11.3 Å². The second-order valence-corrected chi connectivity index (χ2v) is 4.48. The Morgan fingerprint density at radius 2 is 1.91 bits per heavy atom. The Labute approximate surface area is 124 Å². The highest BCUT2D eigenvalue weighted by atomic mass is 19.4. The Morgan fingerprint density at radius 3 is 2.45 bits per heavy atom. The Hall–Kier alpha value is -2.35. The molecule has 1 heterocycles. The normalized spacial score (nSPS) is 11.5. The van der Waals surface area contributed by atoms with Crippen molar-refractivity contribution in [2.75, 3.05) is 13.2 Å². The van der Waals surface area contributed by atoms with E-state index in [1.165, 1.54) is 6.92 Å². The SMILES string of the molecule is Cc1c(C(F)(F)F)c(=O)c(OCCN)nn1-c1ccccc1. The summed E-state index contributed by atoms with van der Waals surface area (Å²) in [6, 6.07) is 8.19. The topological polar surface area (TPSA) is 70.1 Å². The Balaban J connectivity index is 2.71. The van der Waals surface area contributed by atoms with Crippen molar-refractivity contribution in [1.29, 1.82) is 0 Å². The lowest BCUT2D eigenvalue weighted by Crippen LogP contribution is -2.29. The summed E-state index contributed by atoms with van der Waals surface area (Å²) < 4.78 is 45.6. The fourth-order valence-electron chi connectivity index (χ4n) is 1.99. The van der Waals surface area contributed by atoms with Crippen LogP contribution in [0, 0.1) is 6.92 Å². The van der Waals surface area contributed by atoms with Crippen molar-refractivity contribution in [2.24, 2.45) is 5.73 Å². The van der Waals surface area contributed by atoms with Gasteiger partial charge in [0, 0.05) is 6.54 Å². The zero-order valence-electron chi connectivity index (χ0n) is 11.7. The first-order chi connectivity index (χ1) is 10.4. The van der Waals surface area contributed by atoms with Gasteiger partial charge in [0.05, 0.1) is 11.4 Å². The molecule has 8 heteroatoms. The third kappa shape index (κ3) is 3.11. The summed E-state index contributed by atoms with van der Waals surface area (Å²) in [7, 11) is 0. The second kappa shape index (κ2) is 6.18. The van der Waals surface area contributed by atoms with E-state index >= 15 is 0 Å². The molecule has 0 amide bonds. The molecule has 5 nitrogen and oxygen atoms in total. The Bertz CT molecular complexity index is 712. The molecule has 1 aromatic carbocycles. The van der Waals surface area contributed by atoms with Crippen LogP contribution in [0.4, 0.5) is 13.2 Å². The average molecular weight is 313 g/mol. The summed E-state index contributed by atoms with van der Waals surface area (Å²) in [6.45, 7) is 1.15. The van der Waals surface area contributed by atoms with Crippen LogP contribution in [0.2, 0.25) is 0 Å². The second-order valence-electron chi connectivity index (χ2n) is 4.48. The molecular formula is C14H14F3N3O2. The van der Waals surface area contributed by atoms with Crippen LogP contribution in [0.5, 0.6) is 5.88 Å². The van der Waals surface area contributed by atoms with E-state index in [9.17, 15) is 18.0 Å². The first kappa shape index (κ1) is 16.0. The van der Waals surface area contributed by atoms with E-state index in [4.69, 9.17) is 10.5 Å². The zero-order valence-corrected chi connectivity index (χ0v) is 11.7. The van der Waals surface area contributed by atoms with E-state index in [2.05, 4.69) is 5.10 Å². The van der Waals surface area contributed by atoms with Crippen LogP contribution in [0.1, 0.15) is 11.3 Å². The molecule has 1 aromatic heterocycles. The van der Waals surface area contributed by atoms with E-state index in [1.807, 2.05) is 0 Å². The van der Waals surface area contributed by atoms with Crippen molar-refractivity contribution < 1.29 is 17.9 Å². The number of rotatable bonds is 4. The van der Waals surface area contributed by atoms with Crippen LogP contribution in [0.3, 0.4) is 0 Å². The van der Waals surface area contributed by atoms with Gasteiger partial charge in [-0.1, -0.05) is 18.2 Å². The number of halogens is 3. The maximum absolute atomic E-state index is 13.2. The highest BCUT2D eigenvalue weighted by molar-refractivity contribution is 5.37. The number of benzene rings is 1. The molecule has 2 aromatic rings. The molecule has 0 saturated heterocycles. The van der Waals surface area contributed by atoms with E-state index in [-0.39, 0.29) is 18.8 Å². The third-order valence-corrected chi connectivity index (χ3v) is 2.93. The molecule has 0 fully saturated rings. The average Bonchev–Trinajstić information content (AvgIpc) is 2.46. The summed E-state index contributed by atoms with van der Waals surface area (Å²) in [6.07, 6.45) is -4.80. The van der Waals surface area contributed by atoms with Crippen molar-refractivity contribution in [3.63, 3.8) is 0 Å². The smallest absolute Gasteiger partial charge is 0.422 e. The molecule has 0 bridgehead atoms. The molecular weight excluding hydrogens is 299 g/mol. The molecule has 0 unspecified atom stereocenters. The number of hydrogen-bond donors (Lipinski definition) is 1. The number of hydrogen-bond acceptors (Lipinski definition) is 4. The van der Waals surface area contributed by atoms with Crippen molar-refractivity contribution in [1.82, 2.24) is 9.78 Å². The molecule has 0 aliphatic rings. The van der Waals surface area contributed by atoms with Gasteiger partial charge in [0.15, 0.2) is 0 Å². The predicted molar refractivity (Wildman–Crippen MR) is 74.1 cm³/mol. The van der Waals surface area contributed by atoms with Crippen LogP contribution in [-0.2, 0) is 6.18 Å². The number of aromatic nitrogens is 2. The van der Waals surface area contributed by atoms with Crippen LogP contribution in [0.15, 0.2) is 35.1 Å². The standard InChI is InChI=1S/C14H14F3N3O2/c1-9-11(14(15,16)17)12(21)13(22-8-7-18)19-20(9)10-5-3-2-4-6-10/h2-6H,7-8,18H2,1H3. The molecule has 22 heavy (non-hydrogen) atoms. The molecule has 0 spiro atoms. The first-order valence-corrected chi connectivity index (χ1v) is 6.45. The van der Waals surface area contributed by atoms with Crippen LogP contribution < -0.4 is 15.9 Å². The molecule has 0 aliphatic carbocycles. The fourth-order valence-corrected chi connectivity index (χ4v) is 1.99. The number of nitrogens with zero attached hydrogens (tertiary/aromatic N) is 2. The highest BCUT2D eigenvalue weighted by Gasteiger charge is 2.38. The minimum absolute atomic E-state index is 0.0572. The summed E-state index contributed by atoms with van der Waals surface area (Å²) in [5.74, 6) is -0.618. The van der Waals surface area contributed by atoms with Gasteiger partial charge in [-0.3, -0.25) is 4.79 Å². The molecule has 0 aliphatic heterocycles.